The summed E-state index contributed by atoms with van der Waals surface area (Å²) >= 11 is 0. The van der Waals surface area contributed by atoms with Crippen molar-refractivity contribution in [2.75, 3.05) is 34.8 Å². The van der Waals surface area contributed by atoms with Crippen LogP contribution in [0.1, 0.15) is 46.8 Å². The van der Waals surface area contributed by atoms with Crippen molar-refractivity contribution in [2.24, 2.45) is 0 Å². The summed E-state index contributed by atoms with van der Waals surface area (Å²) in [5.41, 5.74) is 2.11. The number of imidazole rings is 1. The number of aromatic nitrogens is 3. The molecule has 2 fully saturated rings. The van der Waals surface area contributed by atoms with E-state index in [0.29, 0.717) is 66.6 Å². The molecule has 2 N–H and O–H groups in total. The predicted octanol–water partition coefficient (Wildman–Crippen LogP) is 4.04. The molecule has 6 rings (SSSR count). The lowest BCUT2D eigenvalue weighted by atomic mass is 10.0. The first-order valence-corrected chi connectivity index (χ1v) is 12.8. The van der Waals surface area contributed by atoms with E-state index in [2.05, 4.69) is 21.5 Å². The van der Waals surface area contributed by atoms with E-state index in [4.69, 9.17) is 0 Å². The largest absolute Gasteiger partial charge is 0.391 e. The molecule has 0 saturated carbocycles. The fourth-order valence-corrected chi connectivity index (χ4v) is 5.43. The van der Waals surface area contributed by atoms with Crippen LogP contribution < -0.4 is 15.1 Å². The van der Waals surface area contributed by atoms with Crippen LogP contribution in [0.3, 0.4) is 0 Å². The van der Waals surface area contributed by atoms with Crippen LogP contribution >= 0.6 is 0 Å². The highest BCUT2D eigenvalue weighted by molar-refractivity contribution is 6.04. The number of hydrogen-bond donors (Lipinski definition) is 2. The van der Waals surface area contributed by atoms with Gasteiger partial charge in [-0.15, -0.1) is 5.10 Å². The molecule has 4 heterocycles. The number of aliphatic hydroxyl groups excluding tert-OH is 1. The van der Waals surface area contributed by atoms with Gasteiger partial charge < -0.3 is 20.2 Å². The van der Waals surface area contributed by atoms with Gasteiger partial charge in [0.2, 0.25) is 0 Å². The van der Waals surface area contributed by atoms with Gasteiger partial charge in [0.05, 0.1) is 29.6 Å². The predicted molar refractivity (Wildman–Crippen MR) is 141 cm³/mol. The molecule has 2 saturated heterocycles. The van der Waals surface area contributed by atoms with Gasteiger partial charge in [0.15, 0.2) is 11.5 Å². The van der Waals surface area contributed by atoms with E-state index in [0.717, 1.165) is 18.6 Å². The molecular formula is C28H25F2N7O2. The Morgan fingerprint density at radius 3 is 2.77 bits per heavy atom. The summed E-state index contributed by atoms with van der Waals surface area (Å²) in [5.74, 6) is -0.518. The first-order valence-electron chi connectivity index (χ1n) is 12.8. The average Bonchev–Trinajstić information content (AvgIpc) is 3.69. The highest BCUT2D eigenvalue weighted by Crippen LogP contribution is 2.37. The van der Waals surface area contributed by atoms with Gasteiger partial charge in [-0.1, -0.05) is 0 Å². The lowest BCUT2D eigenvalue weighted by molar-refractivity contribution is 0.102. The van der Waals surface area contributed by atoms with Crippen molar-refractivity contribution in [1.82, 2.24) is 14.6 Å². The number of halogens is 2. The Morgan fingerprint density at radius 1 is 1.10 bits per heavy atom. The third-order valence-corrected chi connectivity index (χ3v) is 7.34. The fourth-order valence-electron chi connectivity index (χ4n) is 5.43. The van der Waals surface area contributed by atoms with Crippen LogP contribution in [0.4, 0.5) is 26.1 Å². The highest BCUT2D eigenvalue weighted by atomic mass is 19.1. The van der Waals surface area contributed by atoms with Crippen LogP contribution in [0, 0.1) is 23.0 Å². The summed E-state index contributed by atoms with van der Waals surface area (Å²) in [7, 11) is 0. The minimum atomic E-state index is -0.494. The molecule has 2 aromatic heterocycles. The van der Waals surface area contributed by atoms with E-state index in [-0.39, 0.29) is 11.6 Å². The molecule has 0 bridgehead atoms. The Kier molecular flexibility index (Phi) is 6.32. The number of nitriles is 1. The minimum absolute atomic E-state index is 0.286. The van der Waals surface area contributed by atoms with E-state index >= 15 is 0 Å². The molecule has 11 heteroatoms. The zero-order valence-corrected chi connectivity index (χ0v) is 20.9. The molecule has 2 unspecified atom stereocenters. The van der Waals surface area contributed by atoms with Crippen molar-refractivity contribution in [3.63, 3.8) is 0 Å². The lowest BCUT2D eigenvalue weighted by Gasteiger charge is -2.26. The lowest BCUT2D eigenvalue weighted by Crippen LogP contribution is -2.25. The van der Waals surface area contributed by atoms with Crippen LogP contribution in [-0.2, 0) is 0 Å². The number of rotatable bonds is 5. The first kappa shape index (κ1) is 24.8. The van der Waals surface area contributed by atoms with Crippen LogP contribution in [0.2, 0.25) is 0 Å². The average molecular weight is 530 g/mol. The maximum absolute atomic E-state index is 14.6. The summed E-state index contributed by atoms with van der Waals surface area (Å²) < 4.78 is 29.9. The quantitative estimate of drug-likeness (QED) is 0.402. The molecule has 2 aliphatic heterocycles. The first-order chi connectivity index (χ1) is 18.9. The monoisotopic (exact) mass is 529 g/mol. The Hall–Kier alpha value is -4.56. The van der Waals surface area contributed by atoms with Gasteiger partial charge in [-0.25, -0.2) is 13.8 Å². The third kappa shape index (κ3) is 4.64. The van der Waals surface area contributed by atoms with E-state index in [9.17, 15) is 23.9 Å². The highest BCUT2D eigenvalue weighted by Gasteiger charge is 2.30. The Labute approximate surface area is 222 Å². The second kappa shape index (κ2) is 9.96. The molecule has 0 spiro atoms. The number of benzene rings is 2. The molecule has 9 nitrogen and oxygen atoms in total. The zero-order valence-electron chi connectivity index (χ0n) is 20.9. The smallest absolute Gasteiger partial charge is 0.256 e. The van der Waals surface area contributed by atoms with Gasteiger partial charge in [-0.3, -0.25) is 4.79 Å². The molecule has 2 aliphatic rings. The van der Waals surface area contributed by atoms with E-state index in [1.165, 1.54) is 22.8 Å². The molecule has 0 aliphatic carbocycles. The van der Waals surface area contributed by atoms with Crippen LogP contribution in [-0.4, -0.2) is 51.4 Å². The van der Waals surface area contributed by atoms with Crippen LogP contribution in [0.5, 0.6) is 0 Å². The fraction of sp³-hybridized carbons (Fsp3) is 0.286. The maximum atomic E-state index is 14.6. The second-order valence-electron chi connectivity index (χ2n) is 9.81. The molecule has 39 heavy (non-hydrogen) atoms. The van der Waals surface area contributed by atoms with Gasteiger partial charge in [0.25, 0.3) is 5.91 Å². The number of hydrogen-bond acceptors (Lipinski definition) is 7. The number of nitrogens with one attached hydrogen (secondary N) is 1. The van der Waals surface area contributed by atoms with Crippen LogP contribution in [0.25, 0.3) is 5.65 Å². The van der Waals surface area contributed by atoms with E-state index in [1.807, 2.05) is 9.80 Å². The minimum Gasteiger partial charge on any atom is -0.391 e. The second-order valence-corrected chi connectivity index (χ2v) is 9.81. The van der Waals surface area contributed by atoms with Gasteiger partial charge >= 0.3 is 0 Å². The Morgan fingerprint density at radius 2 is 1.97 bits per heavy atom. The number of carbonyl (C=O) groups is 1. The van der Waals surface area contributed by atoms with Crippen molar-refractivity contribution < 1.29 is 18.7 Å². The molecule has 2 aromatic carbocycles. The SMILES string of the molecule is N#Cc1cc(C(=O)Nc2cnc3ccc(N4CCCC4c4cc(F)ccc4F)nn23)ccc1N1CCC(O)C1. The van der Waals surface area contributed by atoms with E-state index in [1.54, 1.807) is 24.3 Å². The molecule has 1 amide bonds. The van der Waals surface area contributed by atoms with Crippen molar-refractivity contribution in [3.8, 4) is 6.07 Å². The zero-order chi connectivity index (χ0) is 27.1. The maximum Gasteiger partial charge on any atom is 0.256 e. The van der Waals surface area contributed by atoms with Crippen molar-refractivity contribution >= 4 is 28.9 Å². The number of carbonyl (C=O) groups excluding carboxylic acids is 1. The normalized spacial score (nSPS) is 19.0. The summed E-state index contributed by atoms with van der Waals surface area (Å²) in [6.07, 6.45) is 3.13. The number of β-amino-alcohol motifs (C(OH)–C–C–N with tert-alkyl or cyclic N) is 1. The van der Waals surface area contributed by atoms with Gasteiger partial charge in [-0.2, -0.15) is 9.78 Å². The summed E-state index contributed by atoms with van der Waals surface area (Å²) in [6.45, 7) is 1.70. The summed E-state index contributed by atoms with van der Waals surface area (Å²) in [4.78, 5) is 21.3. The van der Waals surface area contributed by atoms with E-state index < -0.39 is 23.6 Å². The number of fused-ring (bicyclic) bond motifs is 1. The van der Waals surface area contributed by atoms with Crippen LogP contribution in [0.15, 0.2) is 54.7 Å². The van der Waals surface area contributed by atoms with Gasteiger partial charge in [0.1, 0.15) is 23.5 Å². The summed E-state index contributed by atoms with van der Waals surface area (Å²) in [5, 5.41) is 27.0. The third-order valence-electron chi connectivity index (χ3n) is 7.34. The standard InChI is InChI=1S/C28H25F2N7O2/c29-19-4-5-22(30)21(13-19)24-2-1-10-36(24)26-8-7-25-32-15-27(37(25)34-26)33-28(39)17-3-6-23(18(12-17)14-31)35-11-9-20(38)16-35/h3-8,12-13,15,20,24,38H,1-2,9-11,16H2,(H,33,39). The number of anilines is 3. The van der Waals surface area contributed by atoms with Gasteiger partial charge in [-0.05, 0) is 67.8 Å². The molecule has 4 aromatic rings. The Bertz CT molecular complexity index is 1620. The molecule has 2 atom stereocenters. The molecule has 198 valence electrons. The van der Waals surface area contributed by atoms with Gasteiger partial charge in [0, 0.05) is 30.8 Å². The number of amides is 1. The van der Waals surface area contributed by atoms with Crippen molar-refractivity contribution in [3.05, 3.63) is 83.1 Å². The topological polar surface area (TPSA) is 110 Å². The Balaban J connectivity index is 1.26. The molecular weight excluding hydrogens is 504 g/mol. The summed E-state index contributed by atoms with van der Waals surface area (Å²) in [6, 6.07) is 13.7. The molecule has 0 radical (unpaired) electrons. The number of nitrogens with zero attached hydrogens (tertiary/aromatic N) is 6. The van der Waals surface area contributed by atoms with Crippen molar-refractivity contribution in [1.29, 1.82) is 5.26 Å². The van der Waals surface area contributed by atoms with Crippen molar-refractivity contribution in [2.45, 2.75) is 31.4 Å². The number of aliphatic hydroxyl groups is 1.